The minimum Gasteiger partial charge on any atom is -0.494 e. The van der Waals surface area contributed by atoms with E-state index in [1.165, 1.54) is 5.56 Å². The van der Waals surface area contributed by atoms with Gasteiger partial charge in [-0.2, -0.15) is 0 Å². The highest BCUT2D eigenvalue weighted by molar-refractivity contribution is 5.36. The minimum absolute atomic E-state index is 0.141. The summed E-state index contributed by atoms with van der Waals surface area (Å²) in [7, 11) is 1.98. The third kappa shape index (κ3) is 2.06. The molecule has 1 aliphatic rings. The maximum absolute atomic E-state index is 5.53. The van der Waals surface area contributed by atoms with E-state index in [0.717, 1.165) is 25.5 Å². The summed E-state index contributed by atoms with van der Waals surface area (Å²) in [6.45, 7) is 5.25. The Kier molecular flexibility index (Phi) is 3.46. The largest absolute Gasteiger partial charge is 0.494 e. The second-order valence-corrected chi connectivity index (χ2v) is 4.26. The van der Waals surface area contributed by atoms with Crippen molar-refractivity contribution < 1.29 is 9.47 Å². The zero-order valence-electron chi connectivity index (χ0n) is 9.95. The molecule has 3 nitrogen and oxygen atoms in total. The molecule has 0 bridgehead atoms. The second-order valence-electron chi connectivity index (χ2n) is 4.26. The van der Waals surface area contributed by atoms with Crippen LogP contribution >= 0.6 is 0 Å². The molecule has 0 aliphatic carbocycles. The number of hydrogen-bond donors (Lipinski definition) is 1. The van der Waals surface area contributed by atoms with Gasteiger partial charge >= 0.3 is 0 Å². The van der Waals surface area contributed by atoms with Gasteiger partial charge in [-0.05, 0) is 31.7 Å². The number of ether oxygens (including phenoxy) is 2. The van der Waals surface area contributed by atoms with Gasteiger partial charge in [-0.15, -0.1) is 0 Å². The van der Waals surface area contributed by atoms with Crippen LogP contribution in [0.1, 0.15) is 12.5 Å². The molecule has 0 radical (unpaired) electrons. The maximum Gasteiger partial charge on any atom is 0.119 e. The van der Waals surface area contributed by atoms with Crippen molar-refractivity contribution in [2.75, 3.05) is 33.4 Å². The third-order valence-electron chi connectivity index (χ3n) is 3.03. The fraction of sp³-hybridized carbons (Fsp3) is 0.538. The zero-order valence-corrected chi connectivity index (χ0v) is 9.95. The lowest BCUT2D eigenvalue weighted by molar-refractivity contribution is -0.0583. The van der Waals surface area contributed by atoms with Gasteiger partial charge in [0.1, 0.15) is 5.75 Å². The number of rotatable bonds is 5. The predicted molar refractivity (Wildman–Crippen MR) is 64.0 cm³/mol. The van der Waals surface area contributed by atoms with Crippen LogP contribution in [0.3, 0.4) is 0 Å². The molecular formula is C13H19NO2. The first-order chi connectivity index (χ1) is 7.80. The average molecular weight is 221 g/mol. The maximum atomic E-state index is 5.53. The number of benzene rings is 1. The first kappa shape index (κ1) is 11.4. The van der Waals surface area contributed by atoms with Gasteiger partial charge in [0.25, 0.3) is 0 Å². The molecule has 3 heteroatoms. The lowest BCUT2D eigenvalue weighted by Gasteiger charge is -2.42. The van der Waals surface area contributed by atoms with Gasteiger partial charge < -0.3 is 14.8 Å². The highest BCUT2D eigenvalue weighted by Crippen LogP contribution is 2.33. The summed E-state index contributed by atoms with van der Waals surface area (Å²) in [6, 6.07) is 8.33. The SMILES string of the molecule is CCOc1cccc(C2(CNC)COC2)c1. The van der Waals surface area contributed by atoms with E-state index in [9.17, 15) is 0 Å². The Bertz CT molecular complexity index is 348. The molecule has 1 saturated heterocycles. The molecule has 0 atom stereocenters. The minimum atomic E-state index is 0.141. The molecule has 1 heterocycles. The van der Waals surface area contributed by atoms with Crippen LogP contribution < -0.4 is 10.1 Å². The van der Waals surface area contributed by atoms with Crippen LogP contribution in [-0.4, -0.2) is 33.4 Å². The van der Waals surface area contributed by atoms with E-state index in [-0.39, 0.29) is 5.41 Å². The van der Waals surface area contributed by atoms with Crippen LogP contribution in [0.2, 0.25) is 0 Å². The van der Waals surface area contributed by atoms with Crippen LogP contribution in [0.15, 0.2) is 24.3 Å². The molecule has 16 heavy (non-hydrogen) atoms. The Hall–Kier alpha value is -1.06. The Balaban J connectivity index is 2.21. The smallest absolute Gasteiger partial charge is 0.119 e. The van der Waals surface area contributed by atoms with Crippen LogP contribution in [0.4, 0.5) is 0 Å². The van der Waals surface area contributed by atoms with Crippen molar-refractivity contribution in [3.05, 3.63) is 29.8 Å². The summed E-state index contributed by atoms with van der Waals surface area (Å²) < 4.78 is 10.9. The van der Waals surface area contributed by atoms with Gasteiger partial charge in [0.15, 0.2) is 0 Å². The van der Waals surface area contributed by atoms with Gasteiger partial charge in [0.2, 0.25) is 0 Å². The van der Waals surface area contributed by atoms with Crippen molar-refractivity contribution in [3.63, 3.8) is 0 Å². The molecule has 0 aromatic heterocycles. The van der Waals surface area contributed by atoms with E-state index in [2.05, 4.69) is 23.5 Å². The van der Waals surface area contributed by atoms with Crippen molar-refractivity contribution >= 4 is 0 Å². The van der Waals surface area contributed by atoms with Crippen molar-refractivity contribution in [2.24, 2.45) is 0 Å². The molecule has 1 N–H and O–H groups in total. The summed E-state index contributed by atoms with van der Waals surface area (Å²) >= 11 is 0. The Morgan fingerprint density at radius 3 is 2.81 bits per heavy atom. The van der Waals surface area contributed by atoms with E-state index in [1.54, 1.807) is 0 Å². The van der Waals surface area contributed by atoms with Crippen molar-refractivity contribution in [2.45, 2.75) is 12.3 Å². The predicted octanol–water partition coefficient (Wildman–Crippen LogP) is 1.57. The summed E-state index contributed by atoms with van der Waals surface area (Å²) in [5, 5.41) is 3.24. The van der Waals surface area contributed by atoms with E-state index in [1.807, 2.05) is 20.0 Å². The summed E-state index contributed by atoms with van der Waals surface area (Å²) in [4.78, 5) is 0. The van der Waals surface area contributed by atoms with Gasteiger partial charge in [-0.1, -0.05) is 12.1 Å². The molecule has 1 aromatic carbocycles. The van der Waals surface area contributed by atoms with E-state index >= 15 is 0 Å². The highest BCUT2D eigenvalue weighted by Gasteiger charge is 2.39. The summed E-state index contributed by atoms with van der Waals surface area (Å²) in [5.74, 6) is 0.947. The lowest BCUT2D eigenvalue weighted by Crippen LogP contribution is -2.52. The van der Waals surface area contributed by atoms with Gasteiger partial charge in [-0.25, -0.2) is 0 Å². The number of nitrogens with one attached hydrogen (secondary N) is 1. The first-order valence-corrected chi connectivity index (χ1v) is 5.76. The molecule has 1 fully saturated rings. The molecular weight excluding hydrogens is 202 g/mol. The highest BCUT2D eigenvalue weighted by atomic mass is 16.5. The summed E-state index contributed by atoms with van der Waals surface area (Å²) in [6.07, 6.45) is 0. The van der Waals surface area contributed by atoms with Crippen molar-refractivity contribution in [3.8, 4) is 5.75 Å². The lowest BCUT2D eigenvalue weighted by atomic mass is 9.78. The van der Waals surface area contributed by atoms with E-state index < -0.39 is 0 Å². The topological polar surface area (TPSA) is 30.5 Å². The summed E-state index contributed by atoms with van der Waals surface area (Å²) in [5.41, 5.74) is 1.45. The number of hydrogen-bond acceptors (Lipinski definition) is 3. The Morgan fingerprint density at radius 2 is 2.25 bits per heavy atom. The second kappa shape index (κ2) is 4.85. The number of likely N-dealkylation sites (N-methyl/N-ethyl adjacent to an activating group) is 1. The third-order valence-corrected chi connectivity index (χ3v) is 3.03. The normalized spacial score (nSPS) is 17.9. The van der Waals surface area contributed by atoms with Gasteiger partial charge in [0, 0.05) is 6.54 Å². The molecule has 2 rings (SSSR count). The monoisotopic (exact) mass is 221 g/mol. The standard InChI is InChI=1S/C13H19NO2/c1-3-16-12-6-4-5-11(7-12)13(8-14-2)9-15-10-13/h4-7,14H,3,8-10H2,1-2H3. The van der Waals surface area contributed by atoms with Crippen LogP contribution in [-0.2, 0) is 10.2 Å². The Morgan fingerprint density at radius 1 is 1.44 bits per heavy atom. The van der Waals surface area contributed by atoms with Crippen LogP contribution in [0.5, 0.6) is 5.75 Å². The van der Waals surface area contributed by atoms with Crippen LogP contribution in [0, 0.1) is 0 Å². The average Bonchev–Trinajstić information content (AvgIpc) is 2.24. The fourth-order valence-electron chi connectivity index (χ4n) is 2.14. The molecule has 1 aliphatic heterocycles. The molecule has 0 saturated carbocycles. The van der Waals surface area contributed by atoms with Gasteiger partial charge in [-0.3, -0.25) is 0 Å². The molecule has 0 amide bonds. The van der Waals surface area contributed by atoms with Crippen molar-refractivity contribution in [1.82, 2.24) is 5.32 Å². The zero-order chi connectivity index (χ0) is 11.4. The molecule has 88 valence electrons. The molecule has 0 unspecified atom stereocenters. The van der Waals surface area contributed by atoms with Crippen LogP contribution in [0.25, 0.3) is 0 Å². The molecule has 1 aromatic rings. The quantitative estimate of drug-likeness (QED) is 0.818. The fourth-order valence-corrected chi connectivity index (χ4v) is 2.14. The van der Waals surface area contributed by atoms with E-state index in [4.69, 9.17) is 9.47 Å². The van der Waals surface area contributed by atoms with E-state index in [0.29, 0.717) is 6.61 Å². The van der Waals surface area contributed by atoms with Gasteiger partial charge in [0.05, 0.1) is 25.2 Å². The molecule has 0 spiro atoms. The van der Waals surface area contributed by atoms with Crippen molar-refractivity contribution in [1.29, 1.82) is 0 Å². The Labute approximate surface area is 96.8 Å². The first-order valence-electron chi connectivity index (χ1n) is 5.76.